The number of aryl methyl sites for hydroxylation is 1. The Hall–Kier alpha value is -2.09. The highest BCUT2D eigenvalue weighted by Crippen LogP contribution is 2.31. The van der Waals surface area contributed by atoms with E-state index < -0.39 is 10.0 Å². The molecule has 2 aromatic carbocycles. The van der Waals surface area contributed by atoms with Crippen LogP contribution in [-0.2, 0) is 10.0 Å². The first kappa shape index (κ1) is 19.7. The van der Waals surface area contributed by atoms with Gasteiger partial charge in [0.05, 0.1) is 17.7 Å². The second kappa shape index (κ2) is 7.88. The van der Waals surface area contributed by atoms with Crippen molar-refractivity contribution in [1.29, 1.82) is 0 Å². The van der Waals surface area contributed by atoms with Crippen LogP contribution in [0.15, 0.2) is 41.3 Å². The highest BCUT2D eigenvalue weighted by atomic mass is 35.5. The zero-order chi connectivity index (χ0) is 19.6. The summed E-state index contributed by atoms with van der Waals surface area (Å²) in [7, 11) is -2.00. The molecule has 1 aliphatic rings. The van der Waals surface area contributed by atoms with Gasteiger partial charge in [0, 0.05) is 29.7 Å². The van der Waals surface area contributed by atoms with Crippen molar-refractivity contribution in [2.45, 2.75) is 24.7 Å². The van der Waals surface area contributed by atoms with Crippen LogP contribution in [0.5, 0.6) is 5.75 Å². The van der Waals surface area contributed by atoms with E-state index in [1.807, 2.05) is 6.92 Å². The molecular formula is C19H21ClN2O4S. The van der Waals surface area contributed by atoms with E-state index >= 15 is 0 Å². The number of halogens is 1. The maximum absolute atomic E-state index is 12.6. The summed E-state index contributed by atoms with van der Waals surface area (Å²) in [5.41, 5.74) is 1.66. The van der Waals surface area contributed by atoms with Gasteiger partial charge in [0.1, 0.15) is 5.75 Å². The lowest BCUT2D eigenvalue weighted by atomic mass is 10.1. The van der Waals surface area contributed by atoms with Gasteiger partial charge in [0.2, 0.25) is 10.0 Å². The first-order valence-electron chi connectivity index (χ1n) is 8.58. The number of methoxy groups -OCH3 is 1. The molecule has 1 heterocycles. The van der Waals surface area contributed by atoms with E-state index in [1.54, 1.807) is 12.1 Å². The summed E-state index contributed by atoms with van der Waals surface area (Å²) < 4.78 is 31.8. The van der Waals surface area contributed by atoms with E-state index in [9.17, 15) is 13.2 Å². The zero-order valence-electron chi connectivity index (χ0n) is 15.2. The van der Waals surface area contributed by atoms with Gasteiger partial charge >= 0.3 is 0 Å². The molecule has 0 aromatic heterocycles. The number of hydrogen-bond donors (Lipinski definition) is 1. The van der Waals surface area contributed by atoms with Crippen LogP contribution < -0.4 is 10.1 Å². The number of nitrogens with zero attached hydrogens (tertiary/aromatic N) is 1. The third-order valence-corrected chi connectivity index (χ3v) is 6.87. The normalized spacial score (nSPS) is 14.9. The molecule has 1 N–H and O–H groups in total. The highest BCUT2D eigenvalue weighted by molar-refractivity contribution is 7.89. The zero-order valence-corrected chi connectivity index (χ0v) is 16.7. The number of carbonyl (C=O) groups is 1. The molecule has 3 rings (SSSR count). The summed E-state index contributed by atoms with van der Waals surface area (Å²) in [6.45, 7) is 2.91. The molecule has 144 valence electrons. The van der Waals surface area contributed by atoms with Crippen molar-refractivity contribution in [1.82, 2.24) is 4.31 Å². The molecule has 8 heteroatoms. The van der Waals surface area contributed by atoms with Crippen LogP contribution in [0, 0.1) is 6.92 Å². The largest absolute Gasteiger partial charge is 0.495 e. The smallest absolute Gasteiger partial charge is 0.255 e. The molecule has 0 spiro atoms. The number of amides is 1. The fraction of sp³-hybridized carbons (Fsp3) is 0.316. The van der Waals surface area contributed by atoms with E-state index in [4.69, 9.17) is 16.3 Å². The Morgan fingerprint density at radius 3 is 2.37 bits per heavy atom. The van der Waals surface area contributed by atoms with E-state index in [0.29, 0.717) is 35.1 Å². The Morgan fingerprint density at radius 2 is 1.78 bits per heavy atom. The molecule has 0 saturated carbocycles. The maximum atomic E-state index is 12.6. The second-order valence-electron chi connectivity index (χ2n) is 6.39. The predicted octanol–water partition coefficient (Wildman–Crippen LogP) is 3.69. The van der Waals surface area contributed by atoms with Crippen LogP contribution >= 0.6 is 11.6 Å². The van der Waals surface area contributed by atoms with E-state index in [-0.39, 0.29) is 10.8 Å². The van der Waals surface area contributed by atoms with Gasteiger partial charge in [-0.1, -0.05) is 11.6 Å². The Balaban J connectivity index is 1.80. The molecule has 0 aliphatic carbocycles. The lowest BCUT2D eigenvalue weighted by Crippen LogP contribution is -2.27. The fourth-order valence-corrected chi connectivity index (χ4v) is 4.65. The molecule has 6 nitrogen and oxygen atoms in total. The van der Waals surface area contributed by atoms with Gasteiger partial charge in [-0.2, -0.15) is 4.31 Å². The molecule has 0 radical (unpaired) electrons. The summed E-state index contributed by atoms with van der Waals surface area (Å²) in [6, 6.07) is 9.31. The minimum Gasteiger partial charge on any atom is -0.495 e. The summed E-state index contributed by atoms with van der Waals surface area (Å²) >= 11 is 6.08. The summed E-state index contributed by atoms with van der Waals surface area (Å²) in [5, 5.41) is 3.32. The molecule has 27 heavy (non-hydrogen) atoms. The third-order valence-electron chi connectivity index (χ3n) is 4.55. The average Bonchev–Trinajstić information content (AvgIpc) is 3.20. The van der Waals surface area contributed by atoms with E-state index in [2.05, 4.69) is 5.32 Å². The van der Waals surface area contributed by atoms with Gasteiger partial charge in [-0.25, -0.2) is 8.42 Å². The molecule has 1 aliphatic heterocycles. The van der Waals surface area contributed by atoms with Crippen molar-refractivity contribution >= 4 is 33.2 Å². The third kappa shape index (κ3) is 4.10. The standard InChI is InChI=1S/C19H21ClN2O4S/c1-13-11-17(18(26-2)12-16(13)20)21-19(23)14-5-7-15(8-6-14)27(24,25)22-9-3-4-10-22/h5-8,11-12H,3-4,9-10H2,1-2H3,(H,21,23). The molecule has 0 unspecified atom stereocenters. The summed E-state index contributed by atoms with van der Waals surface area (Å²) in [5.74, 6) is 0.0901. The topological polar surface area (TPSA) is 75.7 Å². The van der Waals surface area contributed by atoms with E-state index in [1.165, 1.54) is 35.7 Å². The first-order valence-corrected chi connectivity index (χ1v) is 10.4. The Kier molecular flexibility index (Phi) is 5.74. The quantitative estimate of drug-likeness (QED) is 0.818. The Labute approximate surface area is 164 Å². The van der Waals surface area contributed by atoms with Crippen molar-refractivity contribution in [2.75, 3.05) is 25.5 Å². The minimum absolute atomic E-state index is 0.195. The number of carbonyl (C=O) groups excluding carboxylic acids is 1. The van der Waals surface area contributed by atoms with Gasteiger partial charge in [-0.3, -0.25) is 4.79 Å². The van der Waals surface area contributed by atoms with Crippen molar-refractivity contribution in [3.63, 3.8) is 0 Å². The van der Waals surface area contributed by atoms with Crippen LogP contribution in [0.3, 0.4) is 0 Å². The molecule has 0 bridgehead atoms. The van der Waals surface area contributed by atoms with Crippen LogP contribution in [0.2, 0.25) is 5.02 Å². The highest BCUT2D eigenvalue weighted by Gasteiger charge is 2.27. The average molecular weight is 409 g/mol. The predicted molar refractivity (Wildman–Crippen MR) is 105 cm³/mol. The van der Waals surface area contributed by atoms with Gasteiger partial charge in [0.25, 0.3) is 5.91 Å². The fourth-order valence-electron chi connectivity index (χ4n) is 2.98. The number of sulfonamides is 1. The molecule has 1 fully saturated rings. The summed E-state index contributed by atoms with van der Waals surface area (Å²) in [4.78, 5) is 12.7. The Bertz CT molecular complexity index is 952. The number of nitrogens with one attached hydrogen (secondary N) is 1. The molecule has 1 saturated heterocycles. The molecule has 0 atom stereocenters. The van der Waals surface area contributed by atoms with Gasteiger partial charge in [-0.15, -0.1) is 0 Å². The van der Waals surface area contributed by atoms with E-state index in [0.717, 1.165) is 18.4 Å². The number of ether oxygens (including phenoxy) is 1. The van der Waals surface area contributed by atoms with Crippen LogP contribution in [0.4, 0.5) is 5.69 Å². The van der Waals surface area contributed by atoms with Crippen LogP contribution in [-0.4, -0.2) is 38.8 Å². The number of benzene rings is 2. The van der Waals surface area contributed by atoms with Gasteiger partial charge in [-0.05, 0) is 55.7 Å². The monoisotopic (exact) mass is 408 g/mol. The summed E-state index contributed by atoms with van der Waals surface area (Å²) in [6.07, 6.45) is 1.75. The number of hydrogen-bond acceptors (Lipinski definition) is 4. The van der Waals surface area contributed by atoms with Crippen LogP contribution in [0.1, 0.15) is 28.8 Å². The number of anilines is 1. The second-order valence-corrected chi connectivity index (χ2v) is 8.74. The molecule has 2 aromatic rings. The lowest BCUT2D eigenvalue weighted by Gasteiger charge is -2.16. The van der Waals surface area contributed by atoms with Gasteiger partial charge < -0.3 is 10.1 Å². The SMILES string of the molecule is COc1cc(Cl)c(C)cc1NC(=O)c1ccc(S(=O)(=O)N2CCCC2)cc1. The van der Waals surface area contributed by atoms with Crippen molar-refractivity contribution in [3.8, 4) is 5.75 Å². The number of rotatable bonds is 5. The molecular weight excluding hydrogens is 388 g/mol. The minimum atomic E-state index is -3.49. The van der Waals surface area contributed by atoms with Crippen molar-refractivity contribution in [2.24, 2.45) is 0 Å². The first-order chi connectivity index (χ1) is 12.8. The van der Waals surface area contributed by atoms with Crippen molar-refractivity contribution < 1.29 is 17.9 Å². The van der Waals surface area contributed by atoms with Gasteiger partial charge in [0.15, 0.2) is 0 Å². The van der Waals surface area contributed by atoms with Crippen molar-refractivity contribution in [3.05, 3.63) is 52.5 Å². The Morgan fingerprint density at radius 1 is 1.15 bits per heavy atom. The molecule has 1 amide bonds. The lowest BCUT2D eigenvalue weighted by molar-refractivity contribution is 0.102. The maximum Gasteiger partial charge on any atom is 0.255 e. The van der Waals surface area contributed by atoms with Crippen LogP contribution in [0.25, 0.3) is 0 Å².